The molecule has 0 radical (unpaired) electrons. The van der Waals surface area contributed by atoms with Gasteiger partial charge in [0.2, 0.25) is 5.91 Å². The van der Waals surface area contributed by atoms with Crippen LogP contribution in [0, 0.1) is 0 Å². The van der Waals surface area contributed by atoms with E-state index in [-0.39, 0.29) is 11.7 Å². The number of ketones is 1. The summed E-state index contributed by atoms with van der Waals surface area (Å²) in [5.74, 6) is 0.259. The molecule has 0 aliphatic carbocycles. The van der Waals surface area contributed by atoms with Crippen LogP contribution in [0.1, 0.15) is 36.0 Å². The van der Waals surface area contributed by atoms with Gasteiger partial charge >= 0.3 is 0 Å². The van der Waals surface area contributed by atoms with Crippen molar-refractivity contribution in [1.82, 2.24) is 9.96 Å². The van der Waals surface area contributed by atoms with Gasteiger partial charge in [-0.3, -0.25) is 14.8 Å². The molecular weight excluding hydrogens is 356 g/mol. The molecule has 0 saturated carbocycles. The molecule has 1 atom stereocenters. The summed E-state index contributed by atoms with van der Waals surface area (Å²) in [6.07, 6.45) is 6.27. The molecule has 6 nitrogen and oxygen atoms in total. The number of methoxy groups -OCH3 is 1. The quantitative estimate of drug-likeness (QED) is 0.312. The summed E-state index contributed by atoms with van der Waals surface area (Å²) in [6, 6.07) is 15.7. The first-order chi connectivity index (χ1) is 13.6. The molecule has 2 aromatic rings. The Morgan fingerprint density at radius 2 is 1.89 bits per heavy atom. The van der Waals surface area contributed by atoms with Gasteiger partial charge in [-0.15, -0.1) is 0 Å². The zero-order chi connectivity index (χ0) is 20.0. The minimum Gasteiger partial charge on any atom is -0.497 e. The van der Waals surface area contributed by atoms with E-state index in [4.69, 9.17) is 9.94 Å². The van der Waals surface area contributed by atoms with E-state index >= 15 is 0 Å². The van der Waals surface area contributed by atoms with Gasteiger partial charge in [0.1, 0.15) is 17.6 Å². The second kappa shape index (κ2) is 8.82. The van der Waals surface area contributed by atoms with Crippen LogP contribution >= 0.6 is 0 Å². The Morgan fingerprint density at radius 3 is 2.61 bits per heavy atom. The number of hydroxylamine groups is 1. The van der Waals surface area contributed by atoms with Crippen LogP contribution in [0.3, 0.4) is 0 Å². The number of unbranched alkanes of at least 4 members (excludes halogenated alkanes) is 2. The summed E-state index contributed by atoms with van der Waals surface area (Å²) < 4.78 is 5.75. The molecule has 1 amide bonds. The third-order valence-corrected chi connectivity index (χ3v) is 5.14. The maximum Gasteiger partial charge on any atom is 0.243 e. The second-order valence-corrected chi connectivity index (χ2v) is 6.84. The van der Waals surface area contributed by atoms with E-state index in [0.717, 1.165) is 30.8 Å². The predicted octanol–water partition coefficient (Wildman–Crippen LogP) is 4.11. The Kier molecular flexibility index (Phi) is 6.23. The zero-order valence-corrected chi connectivity index (χ0v) is 15.9. The van der Waals surface area contributed by atoms with Crippen molar-refractivity contribution in [2.45, 2.75) is 25.7 Å². The summed E-state index contributed by atoms with van der Waals surface area (Å²) >= 11 is 0. The molecule has 2 aromatic carbocycles. The number of nitrogens with one attached hydrogen (secondary N) is 1. The standard InChI is InChI=1S/C22H24N2O4/c1-28-18-11-12-20-19(16-18)21(25)13-15-24(20,17-8-4-2-5-9-17)14-7-3-6-10-22(26)23-27/h2,4-5,8-9,11-13,15-16H,3,6-7,10,14H2,1H3,(H-,23,26,27)/p+1. The van der Waals surface area contributed by atoms with E-state index in [1.54, 1.807) is 24.7 Å². The van der Waals surface area contributed by atoms with E-state index in [2.05, 4.69) is 12.1 Å². The summed E-state index contributed by atoms with van der Waals surface area (Å²) in [4.78, 5) is 23.7. The molecular formula is C22H25N2O4+. The average molecular weight is 381 g/mol. The van der Waals surface area contributed by atoms with Gasteiger partial charge in [0, 0.05) is 18.6 Å². The monoisotopic (exact) mass is 381 g/mol. The fourth-order valence-corrected chi connectivity index (χ4v) is 3.68. The highest BCUT2D eigenvalue weighted by molar-refractivity contribution is 6.10. The number of quaternary nitrogens is 1. The minimum atomic E-state index is -0.368. The van der Waals surface area contributed by atoms with Gasteiger partial charge in [0.15, 0.2) is 11.5 Å². The zero-order valence-electron chi connectivity index (χ0n) is 15.9. The molecule has 2 N–H and O–H groups in total. The fraction of sp³-hybridized carbons (Fsp3) is 0.273. The maximum absolute atomic E-state index is 12.5. The second-order valence-electron chi connectivity index (χ2n) is 6.84. The smallest absolute Gasteiger partial charge is 0.243 e. The number of fused-ring (bicyclic) bond motifs is 1. The van der Waals surface area contributed by atoms with Crippen molar-refractivity contribution in [2.24, 2.45) is 0 Å². The first-order valence-electron chi connectivity index (χ1n) is 9.39. The molecule has 1 unspecified atom stereocenters. The average Bonchev–Trinajstić information content (AvgIpc) is 2.75. The SMILES string of the molecule is COc1ccc2c(c1)C(=O)C=C[N+]2(CCCCCC(=O)NO)c1ccccc1. The Morgan fingerprint density at radius 1 is 1.11 bits per heavy atom. The van der Waals surface area contributed by atoms with Crippen LogP contribution < -0.4 is 14.7 Å². The van der Waals surface area contributed by atoms with Crippen LogP contribution in [0.2, 0.25) is 0 Å². The highest BCUT2D eigenvalue weighted by atomic mass is 16.5. The number of amides is 1. The summed E-state index contributed by atoms with van der Waals surface area (Å²) in [5, 5.41) is 8.61. The highest BCUT2D eigenvalue weighted by Crippen LogP contribution is 2.42. The number of ether oxygens (including phenoxy) is 1. The molecule has 0 aromatic heterocycles. The lowest BCUT2D eigenvalue weighted by Gasteiger charge is -2.37. The number of benzene rings is 2. The number of nitrogens with zero attached hydrogens (tertiary/aromatic N) is 1. The van der Waals surface area contributed by atoms with Crippen LogP contribution in [0.15, 0.2) is 60.8 Å². The van der Waals surface area contributed by atoms with Crippen molar-refractivity contribution in [3.8, 4) is 5.75 Å². The van der Waals surface area contributed by atoms with Gasteiger partial charge in [0.05, 0.1) is 19.2 Å². The predicted molar refractivity (Wildman–Crippen MR) is 108 cm³/mol. The molecule has 1 aliphatic rings. The largest absolute Gasteiger partial charge is 0.497 e. The van der Waals surface area contributed by atoms with Gasteiger partial charge in [-0.25, -0.2) is 9.96 Å². The normalized spacial score (nSPS) is 17.9. The van der Waals surface area contributed by atoms with Crippen LogP contribution in [0.25, 0.3) is 0 Å². The van der Waals surface area contributed by atoms with Crippen molar-refractivity contribution in [3.05, 3.63) is 66.4 Å². The van der Waals surface area contributed by atoms with E-state index in [9.17, 15) is 9.59 Å². The van der Waals surface area contributed by atoms with Crippen molar-refractivity contribution in [1.29, 1.82) is 0 Å². The van der Waals surface area contributed by atoms with Gasteiger partial charge in [0.25, 0.3) is 0 Å². The fourth-order valence-electron chi connectivity index (χ4n) is 3.68. The van der Waals surface area contributed by atoms with Crippen LogP contribution in [-0.4, -0.2) is 30.6 Å². The Bertz CT molecular complexity index is 879. The third kappa shape index (κ3) is 3.98. The lowest BCUT2D eigenvalue weighted by Crippen LogP contribution is -2.42. The van der Waals surface area contributed by atoms with E-state index in [1.165, 1.54) is 0 Å². The minimum absolute atomic E-state index is 0.0294. The number of carbonyl (C=O) groups is 2. The van der Waals surface area contributed by atoms with Crippen LogP contribution in [0.5, 0.6) is 5.75 Å². The number of rotatable bonds is 8. The van der Waals surface area contributed by atoms with Crippen molar-refractivity contribution in [3.63, 3.8) is 0 Å². The summed E-state index contributed by atoms with van der Waals surface area (Å²) in [5.41, 5.74) is 4.31. The Labute approximate surface area is 164 Å². The summed E-state index contributed by atoms with van der Waals surface area (Å²) in [7, 11) is 1.59. The molecule has 0 saturated heterocycles. The van der Waals surface area contributed by atoms with E-state index < -0.39 is 0 Å². The molecule has 6 heteroatoms. The number of para-hydroxylation sites is 1. The summed E-state index contributed by atoms with van der Waals surface area (Å²) in [6.45, 7) is 0.758. The lowest BCUT2D eigenvalue weighted by molar-refractivity contribution is -0.129. The van der Waals surface area contributed by atoms with Crippen molar-refractivity contribution < 1.29 is 19.5 Å². The molecule has 3 rings (SSSR count). The van der Waals surface area contributed by atoms with Crippen LogP contribution in [0.4, 0.5) is 11.4 Å². The van der Waals surface area contributed by atoms with Crippen molar-refractivity contribution in [2.75, 3.05) is 13.7 Å². The number of carbonyl (C=O) groups excluding carboxylic acids is 2. The van der Waals surface area contributed by atoms with Crippen molar-refractivity contribution >= 4 is 23.1 Å². The van der Waals surface area contributed by atoms with E-state index in [1.807, 2.05) is 36.5 Å². The molecule has 28 heavy (non-hydrogen) atoms. The molecule has 146 valence electrons. The molecule has 0 spiro atoms. The maximum atomic E-state index is 12.5. The van der Waals surface area contributed by atoms with E-state index in [0.29, 0.717) is 28.6 Å². The number of hydrogen-bond acceptors (Lipinski definition) is 4. The number of allylic oxidation sites excluding steroid dienone is 1. The van der Waals surface area contributed by atoms with Gasteiger partial charge in [-0.1, -0.05) is 18.2 Å². The Balaban J connectivity index is 1.92. The van der Waals surface area contributed by atoms with Gasteiger partial charge < -0.3 is 4.74 Å². The molecule has 1 aliphatic heterocycles. The third-order valence-electron chi connectivity index (χ3n) is 5.14. The van der Waals surface area contributed by atoms with Gasteiger partial charge in [-0.05, 0) is 43.5 Å². The van der Waals surface area contributed by atoms with Crippen LogP contribution in [-0.2, 0) is 4.79 Å². The lowest BCUT2D eigenvalue weighted by atomic mass is 9.99. The molecule has 0 fully saturated rings. The topological polar surface area (TPSA) is 75.6 Å². The molecule has 1 heterocycles. The first-order valence-corrected chi connectivity index (χ1v) is 9.39. The Hall–Kier alpha value is -2.96. The molecule has 0 bridgehead atoms. The number of hydrogen-bond donors (Lipinski definition) is 2. The highest BCUT2D eigenvalue weighted by Gasteiger charge is 2.38. The first kappa shape index (κ1) is 19.8. The van der Waals surface area contributed by atoms with Gasteiger partial charge in [-0.2, -0.15) is 0 Å².